The van der Waals surface area contributed by atoms with Crippen molar-refractivity contribution in [2.75, 3.05) is 0 Å². The summed E-state index contributed by atoms with van der Waals surface area (Å²) in [4.78, 5) is 15.4. The minimum absolute atomic E-state index is 0.625. The van der Waals surface area contributed by atoms with Crippen molar-refractivity contribution >= 4 is 54.4 Å². The van der Waals surface area contributed by atoms with E-state index in [2.05, 4.69) is 161 Å². The molecule has 0 fully saturated rings. The summed E-state index contributed by atoms with van der Waals surface area (Å²) in [6.07, 6.45) is 0. The fourth-order valence-corrected chi connectivity index (χ4v) is 8.14. The third-order valence-corrected chi connectivity index (χ3v) is 10.5. The van der Waals surface area contributed by atoms with Gasteiger partial charge in [-0.25, -0.2) is 15.0 Å². The van der Waals surface area contributed by atoms with Crippen LogP contribution in [0.4, 0.5) is 0 Å². The van der Waals surface area contributed by atoms with E-state index in [1.807, 2.05) is 36.4 Å². The quantitative estimate of drug-likeness (QED) is 0.181. The molecule has 8 aromatic carbocycles. The van der Waals surface area contributed by atoms with E-state index in [-0.39, 0.29) is 0 Å². The van der Waals surface area contributed by atoms with Crippen LogP contribution in [0.5, 0.6) is 0 Å². The van der Waals surface area contributed by atoms with Crippen molar-refractivity contribution in [1.29, 1.82) is 0 Å². The minimum Gasteiger partial charge on any atom is -0.307 e. The van der Waals surface area contributed by atoms with Gasteiger partial charge in [-0.05, 0) is 47.2 Å². The Hall–Kier alpha value is -7.37. The Morgan fingerprint density at radius 3 is 1.54 bits per heavy atom. The van der Waals surface area contributed by atoms with Crippen LogP contribution in [0, 0.1) is 0 Å². The number of para-hydroxylation sites is 4. The SMILES string of the molecule is c1ccc(-c2nc(-c3ccccc3)nc(-c3cccc4c5ccccc5n(-c5cccc6c7ccccc7n(-c7ccc8ccccc8c7)c56)c34)n2)cc1. The average molecular weight is 690 g/mol. The highest BCUT2D eigenvalue weighted by atomic mass is 15.1. The third-order valence-electron chi connectivity index (χ3n) is 10.5. The Morgan fingerprint density at radius 1 is 0.333 bits per heavy atom. The first-order valence-corrected chi connectivity index (χ1v) is 18.2. The van der Waals surface area contributed by atoms with Gasteiger partial charge in [-0.15, -0.1) is 0 Å². The molecule has 54 heavy (non-hydrogen) atoms. The smallest absolute Gasteiger partial charge is 0.166 e. The van der Waals surface area contributed by atoms with Gasteiger partial charge in [0.15, 0.2) is 17.5 Å². The molecule has 0 bridgehead atoms. The van der Waals surface area contributed by atoms with E-state index in [1.165, 1.54) is 26.9 Å². The number of fused-ring (bicyclic) bond motifs is 7. The second-order valence-corrected chi connectivity index (χ2v) is 13.6. The second kappa shape index (κ2) is 12.1. The summed E-state index contributed by atoms with van der Waals surface area (Å²) >= 11 is 0. The van der Waals surface area contributed by atoms with Crippen molar-refractivity contribution in [2.45, 2.75) is 0 Å². The molecule has 0 unspecified atom stereocenters. The lowest BCUT2D eigenvalue weighted by molar-refractivity contribution is 1.07. The zero-order valence-electron chi connectivity index (χ0n) is 29.1. The van der Waals surface area contributed by atoms with Crippen LogP contribution in [0.3, 0.4) is 0 Å². The van der Waals surface area contributed by atoms with Gasteiger partial charge in [-0.1, -0.05) is 152 Å². The van der Waals surface area contributed by atoms with Crippen LogP contribution in [-0.2, 0) is 0 Å². The van der Waals surface area contributed by atoms with E-state index in [0.717, 1.165) is 55.5 Å². The van der Waals surface area contributed by atoms with Crippen molar-refractivity contribution in [3.8, 4) is 45.5 Å². The summed E-state index contributed by atoms with van der Waals surface area (Å²) in [6.45, 7) is 0. The maximum absolute atomic E-state index is 5.20. The van der Waals surface area contributed by atoms with E-state index in [0.29, 0.717) is 17.5 Å². The molecular weight excluding hydrogens is 659 g/mol. The highest BCUT2D eigenvalue weighted by molar-refractivity contribution is 6.17. The summed E-state index contributed by atoms with van der Waals surface area (Å²) < 4.78 is 4.85. The Kier molecular flexibility index (Phi) is 6.79. The van der Waals surface area contributed by atoms with Crippen molar-refractivity contribution in [1.82, 2.24) is 24.1 Å². The molecule has 0 radical (unpaired) electrons. The molecule has 3 heterocycles. The minimum atomic E-state index is 0.625. The van der Waals surface area contributed by atoms with Gasteiger partial charge in [0.2, 0.25) is 0 Å². The normalized spacial score (nSPS) is 11.7. The molecule has 0 spiro atoms. The van der Waals surface area contributed by atoms with Gasteiger partial charge in [0.1, 0.15) is 0 Å². The zero-order valence-corrected chi connectivity index (χ0v) is 29.1. The molecule has 0 atom stereocenters. The molecule has 0 aliphatic carbocycles. The Labute approximate surface area is 311 Å². The van der Waals surface area contributed by atoms with Gasteiger partial charge < -0.3 is 9.13 Å². The number of hydrogen-bond acceptors (Lipinski definition) is 3. The molecule has 0 aliphatic rings. The van der Waals surface area contributed by atoms with E-state index in [4.69, 9.17) is 15.0 Å². The maximum atomic E-state index is 5.20. The summed E-state index contributed by atoms with van der Waals surface area (Å²) in [7, 11) is 0. The number of aromatic nitrogens is 5. The van der Waals surface area contributed by atoms with Crippen LogP contribution < -0.4 is 0 Å². The van der Waals surface area contributed by atoms with Gasteiger partial charge in [0.25, 0.3) is 0 Å². The predicted octanol–water partition coefficient (Wildman–Crippen LogP) is 12.2. The molecule has 5 heteroatoms. The molecule has 5 nitrogen and oxygen atoms in total. The fraction of sp³-hybridized carbons (Fsp3) is 0. The summed E-state index contributed by atoms with van der Waals surface area (Å²) in [5.74, 6) is 1.90. The van der Waals surface area contributed by atoms with Crippen LogP contribution in [0.25, 0.3) is 99.9 Å². The van der Waals surface area contributed by atoms with Crippen LogP contribution in [0.2, 0.25) is 0 Å². The predicted molar refractivity (Wildman–Crippen MR) is 222 cm³/mol. The molecule has 11 aromatic rings. The van der Waals surface area contributed by atoms with Gasteiger partial charge >= 0.3 is 0 Å². The van der Waals surface area contributed by atoms with Gasteiger partial charge in [0.05, 0.1) is 27.8 Å². The van der Waals surface area contributed by atoms with Gasteiger partial charge in [0, 0.05) is 43.9 Å². The highest BCUT2D eigenvalue weighted by Crippen LogP contribution is 2.42. The van der Waals surface area contributed by atoms with E-state index in [1.54, 1.807) is 0 Å². The molecular formula is C49H31N5. The summed E-state index contributed by atoms with van der Waals surface area (Å²) in [6, 6.07) is 66.2. The topological polar surface area (TPSA) is 48.5 Å². The van der Waals surface area contributed by atoms with E-state index >= 15 is 0 Å². The number of nitrogens with zero attached hydrogens (tertiary/aromatic N) is 5. The summed E-state index contributed by atoms with van der Waals surface area (Å²) in [5, 5.41) is 7.13. The molecule has 0 saturated heterocycles. The summed E-state index contributed by atoms with van der Waals surface area (Å²) in [5.41, 5.74) is 9.47. The number of benzene rings is 8. The molecule has 252 valence electrons. The largest absolute Gasteiger partial charge is 0.307 e. The molecule has 11 rings (SSSR count). The van der Waals surface area contributed by atoms with Gasteiger partial charge in [-0.3, -0.25) is 0 Å². The van der Waals surface area contributed by atoms with Crippen molar-refractivity contribution in [2.24, 2.45) is 0 Å². The Morgan fingerprint density at radius 2 is 0.852 bits per heavy atom. The lowest BCUT2D eigenvalue weighted by atomic mass is 10.1. The first-order valence-electron chi connectivity index (χ1n) is 18.2. The highest BCUT2D eigenvalue weighted by Gasteiger charge is 2.23. The molecule has 0 N–H and O–H groups in total. The maximum Gasteiger partial charge on any atom is 0.166 e. The van der Waals surface area contributed by atoms with E-state index < -0.39 is 0 Å². The first kappa shape index (κ1) is 30.3. The third kappa shape index (κ3) is 4.69. The fourth-order valence-electron chi connectivity index (χ4n) is 8.14. The second-order valence-electron chi connectivity index (χ2n) is 13.6. The van der Waals surface area contributed by atoms with Crippen molar-refractivity contribution in [3.05, 3.63) is 188 Å². The molecule has 0 aliphatic heterocycles. The lowest BCUT2D eigenvalue weighted by Crippen LogP contribution is -2.03. The number of hydrogen-bond donors (Lipinski definition) is 0. The van der Waals surface area contributed by atoms with Crippen LogP contribution in [0.15, 0.2) is 188 Å². The lowest BCUT2D eigenvalue weighted by Gasteiger charge is -2.16. The zero-order chi connectivity index (χ0) is 35.6. The molecule has 3 aromatic heterocycles. The molecule has 0 amide bonds. The Bertz CT molecular complexity index is 3160. The standard InChI is InChI=1S/C49H31N5/c1-3-16-33(17-4-1)47-50-48(34-18-5-2-6-19-34)52-49(51-47)41-25-13-23-39-37-21-10-12-27-43(37)54(45(39)41)44-28-14-24-40-38-22-9-11-26-42(38)53(46(40)44)36-30-29-32-15-7-8-20-35(32)31-36/h1-31H. The number of rotatable bonds is 5. The van der Waals surface area contributed by atoms with Crippen LogP contribution >= 0.6 is 0 Å². The first-order chi connectivity index (χ1) is 26.8. The van der Waals surface area contributed by atoms with Gasteiger partial charge in [-0.2, -0.15) is 0 Å². The average Bonchev–Trinajstić information content (AvgIpc) is 3.77. The van der Waals surface area contributed by atoms with Crippen LogP contribution in [0.1, 0.15) is 0 Å². The van der Waals surface area contributed by atoms with Crippen LogP contribution in [-0.4, -0.2) is 24.1 Å². The molecule has 0 saturated carbocycles. The van der Waals surface area contributed by atoms with Crippen molar-refractivity contribution in [3.63, 3.8) is 0 Å². The van der Waals surface area contributed by atoms with E-state index in [9.17, 15) is 0 Å². The monoisotopic (exact) mass is 689 g/mol. The Balaban J connectivity index is 1.26. The van der Waals surface area contributed by atoms with Crippen molar-refractivity contribution < 1.29 is 0 Å².